The van der Waals surface area contributed by atoms with Gasteiger partial charge in [-0.15, -0.1) is 0 Å². The van der Waals surface area contributed by atoms with E-state index in [1.54, 1.807) is 53.4 Å². The van der Waals surface area contributed by atoms with E-state index < -0.39 is 12.6 Å². The van der Waals surface area contributed by atoms with E-state index in [-0.39, 0.29) is 42.2 Å². The third kappa shape index (κ3) is 5.94. The summed E-state index contributed by atoms with van der Waals surface area (Å²) in [6.45, 7) is 7.66. The second-order valence-corrected chi connectivity index (χ2v) is 7.90. The Morgan fingerprint density at radius 3 is 1.87 bits per heavy atom. The lowest BCUT2D eigenvalue weighted by atomic mass is 9.92. The number of aryl methyl sites for hydroxylation is 1. The van der Waals surface area contributed by atoms with Crippen molar-refractivity contribution in [2.45, 2.75) is 65.2 Å². The molecule has 0 radical (unpaired) electrons. The molecule has 0 spiro atoms. The van der Waals surface area contributed by atoms with E-state index in [0.717, 1.165) is 0 Å². The van der Waals surface area contributed by atoms with Gasteiger partial charge in [-0.3, -0.25) is 9.59 Å². The van der Waals surface area contributed by atoms with Gasteiger partial charge in [-0.25, -0.2) is 0 Å². The van der Waals surface area contributed by atoms with Crippen LogP contribution in [0.1, 0.15) is 72.4 Å². The molecule has 0 bridgehead atoms. The molecule has 30 heavy (non-hydrogen) atoms. The molecule has 1 amide bonds. The van der Waals surface area contributed by atoms with Gasteiger partial charge in [0.1, 0.15) is 0 Å². The minimum Gasteiger partial charge on any atom is -0.334 e. The fourth-order valence-electron chi connectivity index (χ4n) is 3.66. The fraction of sp³-hybridized carbons (Fsp3) is 0.417. The number of rotatable bonds is 8. The van der Waals surface area contributed by atoms with Gasteiger partial charge >= 0.3 is 6.18 Å². The van der Waals surface area contributed by atoms with Crippen LogP contribution in [-0.2, 0) is 6.42 Å². The number of ketones is 1. The lowest BCUT2D eigenvalue weighted by Crippen LogP contribution is -2.42. The Kier molecular flexibility index (Phi) is 7.82. The molecule has 0 saturated heterocycles. The number of halogens is 3. The maximum absolute atomic E-state index is 13.3. The number of hydrogen-bond acceptors (Lipinski definition) is 2. The molecule has 162 valence electrons. The Balaban J connectivity index is 2.38. The predicted octanol–water partition coefficient (Wildman–Crippen LogP) is 6.06. The van der Waals surface area contributed by atoms with Crippen molar-refractivity contribution in [3.63, 3.8) is 0 Å². The number of hydrogen-bond donors (Lipinski definition) is 0. The molecule has 0 saturated carbocycles. The first kappa shape index (κ1) is 23.6. The van der Waals surface area contributed by atoms with Gasteiger partial charge in [0, 0.05) is 29.6 Å². The molecule has 0 unspecified atom stereocenters. The van der Waals surface area contributed by atoms with E-state index in [2.05, 4.69) is 0 Å². The zero-order valence-corrected chi connectivity index (χ0v) is 17.8. The molecule has 0 aliphatic heterocycles. The molecule has 2 aromatic carbocycles. The van der Waals surface area contributed by atoms with E-state index in [4.69, 9.17) is 0 Å². The number of carbonyl (C=O) groups excluding carboxylic acids is 2. The summed E-state index contributed by atoms with van der Waals surface area (Å²) < 4.78 is 37.6. The SMILES string of the molecule is CC(C)N(C(=O)c1ccccc1C(=O)c1ccccc1CCCC(F)(F)F)C(C)C. The third-order valence-electron chi connectivity index (χ3n) is 4.92. The smallest absolute Gasteiger partial charge is 0.334 e. The molecule has 0 N–H and O–H groups in total. The lowest BCUT2D eigenvalue weighted by molar-refractivity contribution is -0.135. The van der Waals surface area contributed by atoms with Gasteiger partial charge in [0.15, 0.2) is 5.78 Å². The molecule has 0 aromatic heterocycles. The zero-order valence-electron chi connectivity index (χ0n) is 17.8. The summed E-state index contributed by atoms with van der Waals surface area (Å²) in [5.41, 5.74) is 1.45. The van der Waals surface area contributed by atoms with Crippen molar-refractivity contribution in [2.75, 3.05) is 0 Å². The zero-order chi connectivity index (χ0) is 22.5. The Morgan fingerprint density at radius 2 is 1.33 bits per heavy atom. The van der Waals surface area contributed by atoms with Gasteiger partial charge in [0.2, 0.25) is 0 Å². The topological polar surface area (TPSA) is 37.4 Å². The van der Waals surface area contributed by atoms with Crippen LogP contribution < -0.4 is 0 Å². The van der Waals surface area contributed by atoms with Gasteiger partial charge in [0.05, 0.1) is 5.56 Å². The van der Waals surface area contributed by atoms with Crippen LogP contribution in [0.25, 0.3) is 0 Å². The van der Waals surface area contributed by atoms with Crippen LogP contribution in [0.4, 0.5) is 13.2 Å². The average molecular weight is 419 g/mol. The second-order valence-electron chi connectivity index (χ2n) is 7.90. The highest BCUT2D eigenvalue weighted by Crippen LogP contribution is 2.25. The number of benzene rings is 2. The number of amides is 1. The molecule has 0 heterocycles. The van der Waals surface area contributed by atoms with Gasteiger partial charge in [0.25, 0.3) is 5.91 Å². The Bertz CT molecular complexity index is 880. The molecular weight excluding hydrogens is 391 g/mol. The first-order valence-electron chi connectivity index (χ1n) is 10.1. The van der Waals surface area contributed by atoms with Crippen molar-refractivity contribution < 1.29 is 22.8 Å². The largest absolute Gasteiger partial charge is 0.389 e. The van der Waals surface area contributed by atoms with Crippen LogP contribution in [0, 0.1) is 0 Å². The Labute approximate surface area is 175 Å². The predicted molar refractivity (Wildman–Crippen MR) is 112 cm³/mol. The highest BCUT2D eigenvalue weighted by atomic mass is 19.4. The summed E-state index contributed by atoms with van der Waals surface area (Å²) in [6, 6.07) is 13.2. The van der Waals surface area contributed by atoms with Crippen LogP contribution in [0.3, 0.4) is 0 Å². The average Bonchev–Trinajstić information content (AvgIpc) is 2.66. The van der Waals surface area contributed by atoms with Crippen LogP contribution in [0.5, 0.6) is 0 Å². The lowest BCUT2D eigenvalue weighted by Gasteiger charge is -2.31. The highest BCUT2D eigenvalue weighted by molar-refractivity contribution is 6.16. The molecule has 0 aliphatic rings. The monoisotopic (exact) mass is 419 g/mol. The van der Waals surface area contributed by atoms with Crippen molar-refractivity contribution in [1.29, 1.82) is 0 Å². The fourth-order valence-corrected chi connectivity index (χ4v) is 3.66. The van der Waals surface area contributed by atoms with E-state index in [1.165, 1.54) is 0 Å². The molecule has 2 aromatic rings. The van der Waals surface area contributed by atoms with E-state index in [9.17, 15) is 22.8 Å². The van der Waals surface area contributed by atoms with Crippen LogP contribution in [0.2, 0.25) is 0 Å². The third-order valence-corrected chi connectivity index (χ3v) is 4.92. The van der Waals surface area contributed by atoms with Gasteiger partial charge in [-0.1, -0.05) is 42.5 Å². The van der Waals surface area contributed by atoms with Gasteiger partial charge in [-0.2, -0.15) is 13.2 Å². The van der Waals surface area contributed by atoms with Crippen molar-refractivity contribution >= 4 is 11.7 Å². The van der Waals surface area contributed by atoms with Crippen molar-refractivity contribution in [1.82, 2.24) is 4.90 Å². The minimum atomic E-state index is -4.23. The number of alkyl halides is 3. The molecular formula is C24H28F3NO2. The van der Waals surface area contributed by atoms with E-state index in [1.807, 2.05) is 27.7 Å². The standard InChI is InChI=1S/C24H28F3NO2/c1-16(2)28(17(3)4)23(30)21-14-8-7-13-20(21)22(29)19-12-6-5-10-18(19)11-9-15-24(25,26)27/h5-8,10,12-14,16-17H,9,11,15H2,1-4H3. The summed E-state index contributed by atoms with van der Waals surface area (Å²) in [6.07, 6.45) is -5.08. The molecule has 2 rings (SSSR count). The van der Waals surface area contributed by atoms with E-state index >= 15 is 0 Å². The maximum Gasteiger partial charge on any atom is 0.389 e. The van der Waals surface area contributed by atoms with Crippen molar-refractivity contribution in [3.05, 3.63) is 70.8 Å². The molecule has 6 heteroatoms. The quantitative estimate of drug-likeness (QED) is 0.488. The normalized spacial score (nSPS) is 11.8. The summed E-state index contributed by atoms with van der Waals surface area (Å²) in [7, 11) is 0. The molecule has 0 atom stereocenters. The van der Waals surface area contributed by atoms with Crippen LogP contribution >= 0.6 is 0 Å². The van der Waals surface area contributed by atoms with Gasteiger partial charge < -0.3 is 4.90 Å². The van der Waals surface area contributed by atoms with Crippen LogP contribution in [0.15, 0.2) is 48.5 Å². The molecule has 0 fully saturated rings. The minimum absolute atomic E-state index is 0.0460. The summed E-state index contributed by atoms with van der Waals surface area (Å²) in [5.74, 6) is -0.590. The molecule has 0 aliphatic carbocycles. The van der Waals surface area contributed by atoms with Crippen molar-refractivity contribution in [3.8, 4) is 0 Å². The number of nitrogens with zero attached hydrogens (tertiary/aromatic N) is 1. The second kappa shape index (κ2) is 9.92. The van der Waals surface area contributed by atoms with Crippen LogP contribution in [-0.4, -0.2) is 34.9 Å². The Hall–Kier alpha value is -2.63. The summed E-state index contributed by atoms with van der Waals surface area (Å²) in [5, 5.41) is 0. The first-order chi connectivity index (χ1) is 14.0. The summed E-state index contributed by atoms with van der Waals surface area (Å²) >= 11 is 0. The number of carbonyl (C=O) groups is 2. The summed E-state index contributed by atoms with van der Waals surface area (Å²) in [4.78, 5) is 28.2. The van der Waals surface area contributed by atoms with Crippen molar-refractivity contribution in [2.24, 2.45) is 0 Å². The highest BCUT2D eigenvalue weighted by Gasteiger charge is 2.28. The Morgan fingerprint density at radius 1 is 0.833 bits per heavy atom. The maximum atomic E-state index is 13.3. The van der Waals surface area contributed by atoms with Gasteiger partial charge in [-0.05, 0) is 52.2 Å². The first-order valence-corrected chi connectivity index (χ1v) is 10.1. The van der Waals surface area contributed by atoms with E-state index in [0.29, 0.717) is 16.7 Å². The molecule has 3 nitrogen and oxygen atoms in total.